The molecule has 0 bridgehead atoms. The monoisotopic (exact) mass is 407 g/mol. The number of non-ortho nitro benzene ring substituents is 1. The molecule has 1 fully saturated rings. The van der Waals surface area contributed by atoms with Gasteiger partial charge >= 0.3 is 0 Å². The second-order valence-electron chi connectivity index (χ2n) is 7.39. The molecule has 0 aliphatic heterocycles. The van der Waals surface area contributed by atoms with Gasteiger partial charge in [-0.15, -0.1) is 0 Å². The molecule has 10 nitrogen and oxygen atoms in total. The molecule has 4 rings (SSSR count). The van der Waals surface area contributed by atoms with Gasteiger partial charge in [-0.05, 0) is 25.3 Å². The summed E-state index contributed by atoms with van der Waals surface area (Å²) in [7, 11) is 3.42. The zero-order valence-electron chi connectivity index (χ0n) is 16.7. The lowest BCUT2D eigenvalue weighted by atomic mass is 9.85. The molecule has 1 aliphatic carbocycles. The minimum atomic E-state index is -0.403. The van der Waals surface area contributed by atoms with Gasteiger partial charge in [0.15, 0.2) is 0 Å². The summed E-state index contributed by atoms with van der Waals surface area (Å²) in [6.45, 7) is 0. The number of rotatable bonds is 5. The van der Waals surface area contributed by atoms with Gasteiger partial charge in [-0.3, -0.25) is 10.1 Å². The van der Waals surface area contributed by atoms with Crippen molar-refractivity contribution in [1.82, 2.24) is 19.5 Å². The molecular formula is C20H21N7O3. The van der Waals surface area contributed by atoms with Crippen molar-refractivity contribution in [3.05, 3.63) is 45.9 Å². The normalized spacial score (nSPS) is 18.7. The topological polar surface area (TPSA) is 132 Å². The van der Waals surface area contributed by atoms with Gasteiger partial charge in [0.05, 0.1) is 29.3 Å². The van der Waals surface area contributed by atoms with Crippen LogP contribution in [0.25, 0.3) is 11.0 Å². The van der Waals surface area contributed by atoms with Crippen LogP contribution in [-0.4, -0.2) is 37.6 Å². The van der Waals surface area contributed by atoms with Crippen molar-refractivity contribution in [2.24, 2.45) is 7.05 Å². The maximum atomic E-state index is 11.1. The molecular weight excluding hydrogens is 386 g/mol. The van der Waals surface area contributed by atoms with Crippen LogP contribution in [0.2, 0.25) is 0 Å². The molecule has 0 spiro atoms. The number of nitro groups is 1. The SMILES string of the molecule is COc1nc(N[C@@H]2CCC[C@H](c3nc4cc([N+](=O)[O-])ccc4n3C)C2)ncc1C#N. The number of aromatic nitrogens is 4. The largest absolute Gasteiger partial charge is 0.480 e. The van der Waals surface area contributed by atoms with Crippen LogP contribution >= 0.6 is 0 Å². The van der Waals surface area contributed by atoms with E-state index < -0.39 is 4.92 Å². The van der Waals surface area contributed by atoms with E-state index in [1.165, 1.54) is 25.4 Å². The van der Waals surface area contributed by atoms with Crippen molar-refractivity contribution in [2.45, 2.75) is 37.6 Å². The van der Waals surface area contributed by atoms with E-state index in [2.05, 4.69) is 15.3 Å². The Hall–Kier alpha value is -3.74. The Labute approximate surface area is 172 Å². The summed E-state index contributed by atoms with van der Waals surface area (Å²) >= 11 is 0. The number of nitriles is 1. The van der Waals surface area contributed by atoms with E-state index in [0.717, 1.165) is 37.0 Å². The van der Waals surface area contributed by atoms with Crippen LogP contribution in [0.5, 0.6) is 5.88 Å². The molecule has 2 aromatic heterocycles. The number of nitrogens with one attached hydrogen (secondary N) is 1. The summed E-state index contributed by atoms with van der Waals surface area (Å²) in [5, 5.41) is 23.5. The van der Waals surface area contributed by atoms with Crippen LogP contribution in [0, 0.1) is 21.4 Å². The molecule has 0 amide bonds. The smallest absolute Gasteiger partial charge is 0.271 e. The fraction of sp³-hybridized carbons (Fsp3) is 0.400. The van der Waals surface area contributed by atoms with Crippen molar-refractivity contribution in [2.75, 3.05) is 12.4 Å². The standard InChI is InChI=1S/C20H21N7O3/c1-26-17-7-6-15(27(28)29)9-16(17)24-18(26)12-4-3-5-14(8-12)23-20-22-11-13(10-21)19(25-20)30-2/h6-7,9,11-12,14H,3-5,8H2,1-2H3,(H,22,23,25)/t12-,14+/m0/s1. The Kier molecular flexibility index (Phi) is 5.18. The Morgan fingerprint density at radius 1 is 1.37 bits per heavy atom. The lowest BCUT2D eigenvalue weighted by Gasteiger charge is -2.29. The zero-order chi connectivity index (χ0) is 21.3. The van der Waals surface area contributed by atoms with Crippen molar-refractivity contribution < 1.29 is 9.66 Å². The van der Waals surface area contributed by atoms with Crippen molar-refractivity contribution >= 4 is 22.7 Å². The van der Waals surface area contributed by atoms with E-state index in [0.29, 0.717) is 17.0 Å². The van der Waals surface area contributed by atoms with E-state index in [1.807, 2.05) is 17.7 Å². The van der Waals surface area contributed by atoms with Gasteiger partial charge in [0.2, 0.25) is 11.8 Å². The lowest BCUT2D eigenvalue weighted by Crippen LogP contribution is -2.28. The van der Waals surface area contributed by atoms with Gasteiger partial charge in [0.25, 0.3) is 5.69 Å². The number of hydrogen-bond donors (Lipinski definition) is 1. The maximum absolute atomic E-state index is 11.1. The predicted molar refractivity (Wildman–Crippen MR) is 109 cm³/mol. The van der Waals surface area contributed by atoms with Crippen LogP contribution in [0.15, 0.2) is 24.4 Å². The summed E-state index contributed by atoms with van der Waals surface area (Å²) in [6, 6.07) is 6.93. The van der Waals surface area contributed by atoms with E-state index in [1.54, 1.807) is 6.07 Å². The molecule has 10 heteroatoms. The highest BCUT2D eigenvalue weighted by Gasteiger charge is 2.28. The van der Waals surface area contributed by atoms with Crippen molar-refractivity contribution in [3.63, 3.8) is 0 Å². The van der Waals surface area contributed by atoms with E-state index >= 15 is 0 Å². The summed E-state index contributed by atoms with van der Waals surface area (Å²) in [4.78, 5) is 23.9. The minimum Gasteiger partial charge on any atom is -0.480 e. The van der Waals surface area contributed by atoms with Crippen LogP contribution in [-0.2, 0) is 7.05 Å². The van der Waals surface area contributed by atoms with Gasteiger partial charge in [0, 0.05) is 31.1 Å². The highest BCUT2D eigenvalue weighted by molar-refractivity contribution is 5.78. The second kappa shape index (κ2) is 7.94. The molecule has 30 heavy (non-hydrogen) atoms. The Morgan fingerprint density at radius 3 is 2.93 bits per heavy atom. The first-order valence-electron chi connectivity index (χ1n) is 9.68. The highest BCUT2D eigenvalue weighted by Crippen LogP contribution is 2.35. The number of aryl methyl sites for hydroxylation is 1. The summed E-state index contributed by atoms with van der Waals surface area (Å²) in [5.41, 5.74) is 1.85. The van der Waals surface area contributed by atoms with Crippen molar-refractivity contribution in [3.8, 4) is 11.9 Å². The molecule has 1 aromatic carbocycles. The molecule has 2 heterocycles. The minimum absolute atomic E-state index is 0.0437. The third-order valence-corrected chi connectivity index (χ3v) is 5.55. The predicted octanol–water partition coefficient (Wildman–Crippen LogP) is 3.29. The van der Waals surface area contributed by atoms with Gasteiger partial charge in [-0.1, -0.05) is 6.42 Å². The molecule has 0 saturated heterocycles. The summed E-state index contributed by atoms with van der Waals surface area (Å²) in [5.74, 6) is 1.82. The van der Waals surface area contributed by atoms with Gasteiger partial charge < -0.3 is 14.6 Å². The number of methoxy groups -OCH3 is 1. The molecule has 154 valence electrons. The fourth-order valence-corrected chi connectivity index (χ4v) is 4.09. The first kappa shape index (κ1) is 19.6. The molecule has 1 aliphatic rings. The third kappa shape index (κ3) is 3.61. The molecule has 2 atom stereocenters. The van der Waals surface area contributed by atoms with Crippen LogP contribution in [0.3, 0.4) is 0 Å². The third-order valence-electron chi connectivity index (χ3n) is 5.55. The number of hydrogen-bond acceptors (Lipinski definition) is 8. The lowest BCUT2D eigenvalue weighted by molar-refractivity contribution is -0.384. The van der Waals surface area contributed by atoms with Crippen LogP contribution < -0.4 is 10.1 Å². The Balaban J connectivity index is 1.55. The number of imidazole rings is 1. The number of ether oxygens (including phenoxy) is 1. The first-order chi connectivity index (χ1) is 14.5. The summed E-state index contributed by atoms with van der Waals surface area (Å²) < 4.78 is 7.18. The number of anilines is 1. The number of nitrogens with zero attached hydrogens (tertiary/aromatic N) is 6. The van der Waals surface area contributed by atoms with Crippen LogP contribution in [0.1, 0.15) is 43.0 Å². The average Bonchev–Trinajstić information content (AvgIpc) is 3.09. The second-order valence-corrected chi connectivity index (χ2v) is 7.39. The number of nitro benzene ring substituents is 1. The summed E-state index contributed by atoms with van der Waals surface area (Å²) in [6.07, 6.45) is 5.27. The molecule has 0 radical (unpaired) electrons. The van der Waals surface area contributed by atoms with E-state index in [9.17, 15) is 10.1 Å². The van der Waals surface area contributed by atoms with Crippen molar-refractivity contribution in [1.29, 1.82) is 5.26 Å². The van der Waals surface area contributed by atoms with E-state index in [4.69, 9.17) is 15.0 Å². The molecule has 1 N–H and O–H groups in total. The Morgan fingerprint density at radius 2 is 2.20 bits per heavy atom. The highest BCUT2D eigenvalue weighted by atomic mass is 16.6. The van der Waals surface area contributed by atoms with Gasteiger partial charge in [-0.2, -0.15) is 10.2 Å². The molecule has 1 saturated carbocycles. The zero-order valence-corrected chi connectivity index (χ0v) is 16.7. The fourth-order valence-electron chi connectivity index (χ4n) is 4.09. The molecule has 3 aromatic rings. The first-order valence-corrected chi connectivity index (χ1v) is 9.68. The van der Waals surface area contributed by atoms with Gasteiger partial charge in [-0.25, -0.2) is 9.97 Å². The Bertz CT molecular complexity index is 1150. The maximum Gasteiger partial charge on any atom is 0.271 e. The number of fused-ring (bicyclic) bond motifs is 1. The van der Waals surface area contributed by atoms with E-state index in [-0.39, 0.29) is 23.5 Å². The van der Waals surface area contributed by atoms with Crippen LogP contribution in [0.4, 0.5) is 11.6 Å². The average molecular weight is 407 g/mol. The number of benzene rings is 1. The quantitative estimate of drug-likeness (QED) is 0.503. The van der Waals surface area contributed by atoms with Gasteiger partial charge in [0.1, 0.15) is 17.5 Å². The molecule has 0 unspecified atom stereocenters.